The van der Waals surface area contributed by atoms with Gasteiger partial charge in [0.2, 0.25) is 5.91 Å². The van der Waals surface area contributed by atoms with Crippen LogP contribution in [0, 0.1) is 5.92 Å². The number of nitrogens with one attached hydrogen (secondary N) is 1. The molecule has 0 saturated heterocycles. The van der Waals surface area contributed by atoms with E-state index in [0.29, 0.717) is 5.92 Å². The lowest BCUT2D eigenvalue weighted by atomic mass is 9.75. The van der Waals surface area contributed by atoms with Crippen molar-refractivity contribution >= 4 is 11.6 Å². The Kier molecular flexibility index (Phi) is 5.15. The fraction of sp³-hybridized carbons (Fsp3) is 0.480. The zero-order chi connectivity index (χ0) is 20.7. The monoisotopic (exact) mass is 407 g/mol. The maximum Gasteiger partial charge on any atom is 0.227 e. The van der Waals surface area contributed by atoms with Gasteiger partial charge in [0.15, 0.2) is 0 Å². The highest BCUT2D eigenvalue weighted by atomic mass is 16.5. The molecule has 5 heteroatoms. The molecule has 2 aliphatic carbocycles. The normalized spacial score (nSPS) is 25.1. The van der Waals surface area contributed by atoms with Gasteiger partial charge in [-0.25, -0.2) is 0 Å². The summed E-state index contributed by atoms with van der Waals surface area (Å²) < 4.78 is 18.3. The van der Waals surface area contributed by atoms with Crippen molar-refractivity contribution in [1.82, 2.24) is 0 Å². The third-order valence-corrected chi connectivity index (χ3v) is 6.70. The zero-order valence-corrected chi connectivity index (χ0v) is 17.6. The van der Waals surface area contributed by atoms with Gasteiger partial charge in [-0.2, -0.15) is 0 Å². The Labute approximate surface area is 177 Å². The van der Waals surface area contributed by atoms with Crippen LogP contribution in [0.2, 0.25) is 0 Å². The SMILES string of the molecule is COc1ccc(OC)c2c1[C@H](c1cccc(NC(=O)C3CC3)c1)O[C@@H]1CCCC[C@H]21. The summed E-state index contributed by atoms with van der Waals surface area (Å²) in [5.41, 5.74) is 4.14. The number of methoxy groups -OCH3 is 2. The van der Waals surface area contributed by atoms with Crippen molar-refractivity contribution in [1.29, 1.82) is 0 Å². The molecule has 0 aromatic heterocycles. The van der Waals surface area contributed by atoms with Gasteiger partial charge in [0.1, 0.15) is 17.6 Å². The molecule has 2 aromatic carbocycles. The number of benzene rings is 2. The highest BCUT2D eigenvalue weighted by Crippen LogP contribution is 2.53. The predicted molar refractivity (Wildman–Crippen MR) is 115 cm³/mol. The van der Waals surface area contributed by atoms with Crippen molar-refractivity contribution in [3.8, 4) is 11.5 Å². The Morgan fingerprint density at radius 2 is 1.70 bits per heavy atom. The summed E-state index contributed by atoms with van der Waals surface area (Å²) in [6.45, 7) is 0. The lowest BCUT2D eigenvalue weighted by Gasteiger charge is -2.42. The topological polar surface area (TPSA) is 56.8 Å². The summed E-state index contributed by atoms with van der Waals surface area (Å²) in [4.78, 5) is 12.3. The summed E-state index contributed by atoms with van der Waals surface area (Å²) >= 11 is 0. The molecular weight excluding hydrogens is 378 g/mol. The number of hydrogen-bond acceptors (Lipinski definition) is 4. The third kappa shape index (κ3) is 3.45. The van der Waals surface area contributed by atoms with E-state index in [0.717, 1.165) is 54.0 Å². The number of fused-ring (bicyclic) bond motifs is 3. The average Bonchev–Trinajstić information content (AvgIpc) is 3.63. The van der Waals surface area contributed by atoms with E-state index in [2.05, 4.69) is 11.4 Å². The lowest BCUT2D eigenvalue weighted by Crippen LogP contribution is -2.34. The molecule has 0 unspecified atom stereocenters. The fourth-order valence-corrected chi connectivity index (χ4v) is 5.05. The number of carbonyl (C=O) groups is 1. The molecule has 2 fully saturated rings. The van der Waals surface area contributed by atoms with Crippen molar-refractivity contribution in [2.75, 3.05) is 19.5 Å². The Morgan fingerprint density at radius 3 is 2.43 bits per heavy atom. The van der Waals surface area contributed by atoms with E-state index in [1.54, 1.807) is 14.2 Å². The van der Waals surface area contributed by atoms with Gasteiger partial charge in [0, 0.05) is 28.7 Å². The van der Waals surface area contributed by atoms with Crippen molar-refractivity contribution in [2.24, 2.45) is 5.92 Å². The van der Waals surface area contributed by atoms with E-state index in [1.165, 1.54) is 18.4 Å². The number of carbonyl (C=O) groups excluding carboxylic acids is 1. The van der Waals surface area contributed by atoms with E-state index in [9.17, 15) is 4.79 Å². The minimum atomic E-state index is -0.248. The Balaban J connectivity index is 1.58. The Hall–Kier alpha value is -2.53. The highest BCUT2D eigenvalue weighted by Gasteiger charge is 2.41. The largest absolute Gasteiger partial charge is 0.496 e. The molecular formula is C25H29NO4. The van der Waals surface area contributed by atoms with Crippen molar-refractivity contribution in [2.45, 2.75) is 56.7 Å². The van der Waals surface area contributed by atoms with Crippen LogP contribution in [0.3, 0.4) is 0 Å². The van der Waals surface area contributed by atoms with Crippen molar-refractivity contribution in [3.63, 3.8) is 0 Å². The van der Waals surface area contributed by atoms with Gasteiger partial charge in [-0.15, -0.1) is 0 Å². The summed E-state index contributed by atoms with van der Waals surface area (Å²) in [6.07, 6.45) is 6.45. The summed E-state index contributed by atoms with van der Waals surface area (Å²) in [7, 11) is 3.44. The number of rotatable bonds is 5. The second-order valence-corrected chi connectivity index (χ2v) is 8.63. The smallest absolute Gasteiger partial charge is 0.227 e. The molecule has 3 aliphatic rings. The molecule has 0 radical (unpaired) electrons. The van der Waals surface area contributed by atoms with E-state index in [-0.39, 0.29) is 24.0 Å². The highest BCUT2D eigenvalue weighted by molar-refractivity contribution is 5.94. The molecule has 5 rings (SSSR count). The van der Waals surface area contributed by atoms with Gasteiger partial charge in [0.05, 0.1) is 20.3 Å². The molecule has 2 saturated carbocycles. The second kappa shape index (κ2) is 7.95. The van der Waals surface area contributed by atoms with E-state index in [1.807, 2.05) is 30.3 Å². The van der Waals surface area contributed by atoms with Crippen LogP contribution in [0.1, 0.15) is 67.2 Å². The van der Waals surface area contributed by atoms with Crippen LogP contribution >= 0.6 is 0 Å². The standard InChI is InChI=1S/C25H29NO4/c1-28-20-12-13-21(29-2)23-22(20)18-8-3-4-9-19(18)30-24(23)16-6-5-7-17(14-16)26-25(27)15-10-11-15/h5-7,12-15,18-19,24H,3-4,8-11H2,1-2H3,(H,26,27)/t18-,19+,24-/m0/s1. The number of anilines is 1. The van der Waals surface area contributed by atoms with Crippen molar-refractivity contribution < 1.29 is 19.0 Å². The van der Waals surface area contributed by atoms with Crippen LogP contribution in [0.4, 0.5) is 5.69 Å². The first-order valence-corrected chi connectivity index (χ1v) is 11.0. The van der Waals surface area contributed by atoms with Crippen LogP contribution in [-0.4, -0.2) is 26.2 Å². The molecule has 2 aromatic rings. The van der Waals surface area contributed by atoms with Gasteiger partial charge in [-0.3, -0.25) is 4.79 Å². The van der Waals surface area contributed by atoms with Crippen LogP contribution in [0.15, 0.2) is 36.4 Å². The summed E-state index contributed by atoms with van der Waals surface area (Å²) in [5.74, 6) is 2.35. The second-order valence-electron chi connectivity index (χ2n) is 8.63. The van der Waals surface area contributed by atoms with E-state index >= 15 is 0 Å². The van der Waals surface area contributed by atoms with E-state index in [4.69, 9.17) is 14.2 Å². The quantitative estimate of drug-likeness (QED) is 0.740. The maximum absolute atomic E-state index is 12.3. The summed E-state index contributed by atoms with van der Waals surface area (Å²) in [5, 5.41) is 3.06. The number of ether oxygens (including phenoxy) is 3. The average molecular weight is 408 g/mol. The van der Waals surface area contributed by atoms with E-state index < -0.39 is 0 Å². The minimum absolute atomic E-state index is 0.115. The molecule has 0 spiro atoms. The van der Waals surface area contributed by atoms with Gasteiger partial charge in [-0.05, 0) is 55.5 Å². The van der Waals surface area contributed by atoms with Gasteiger partial charge >= 0.3 is 0 Å². The number of amides is 1. The van der Waals surface area contributed by atoms with Crippen LogP contribution in [0.5, 0.6) is 11.5 Å². The molecule has 3 atom stereocenters. The first-order chi connectivity index (χ1) is 14.7. The first kappa shape index (κ1) is 19.4. The Bertz CT molecular complexity index is 952. The molecule has 30 heavy (non-hydrogen) atoms. The molecule has 5 nitrogen and oxygen atoms in total. The van der Waals surface area contributed by atoms with Crippen LogP contribution in [0.25, 0.3) is 0 Å². The zero-order valence-electron chi connectivity index (χ0n) is 17.6. The van der Waals surface area contributed by atoms with Gasteiger partial charge in [0.25, 0.3) is 0 Å². The Morgan fingerprint density at radius 1 is 0.967 bits per heavy atom. The number of hydrogen-bond donors (Lipinski definition) is 1. The fourth-order valence-electron chi connectivity index (χ4n) is 5.05. The summed E-state index contributed by atoms with van der Waals surface area (Å²) in [6, 6.07) is 12.0. The molecule has 158 valence electrons. The molecule has 1 N–H and O–H groups in total. The van der Waals surface area contributed by atoms with Gasteiger partial charge < -0.3 is 19.5 Å². The maximum atomic E-state index is 12.3. The first-order valence-electron chi connectivity index (χ1n) is 11.0. The third-order valence-electron chi connectivity index (χ3n) is 6.70. The molecule has 1 heterocycles. The lowest BCUT2D eigenvalue weighted by molar-refractivity contribution is -0.117. The molecule has 0 bridgehead atoms. The predicted octanol–water partition coefficient (Wildman–Crippen LogP) is 5.20. The van der Waals surface area contributed by atoms with Crippen LogP contribution in [-0.2, 0) is 9.53 Å². The van der Waals surface area contributed by atoms with Gasteiger partial charge in [-0.1, -0.05) is 25.0 Å². The molecule has 1 amide bonds. The van der Waals surface area contributed by atoms with Crippen molar-refractivity contribution in [3.05, 3.63) is 53.1 Å². The minimum Gasteiger partial charge on any atom is -0.496 e. The molecule has 1 aliphatic heterocycles. The van der Waals surface area contributed by atoms with Crippen LogP contribution < -0.4 is 14.8 Å².